The maximum atomic E-state index is 5.28. The molecule has 0 spiro atoms. The monoisotopic (exact) mass is 247 g/mol. The Hall–Kier alpha value is -0.570. The van der Waals surface area contributed by atoms with Crippen LogP contribution >= 0.6 is 0 Å². The highest BCUT2D eigenvalue weighted by Gasteiger charge is 2.27. The summed E-state index contributed by atoms with van der Waals surface area (Å²) in [5.41, 5.74) is 1.21. The van der Waals surface area contributed by atoms with Gasteiger partial charge in [0.15, 0.2) is 0 Å². The smallest absolute Gasteiger partial charge is 0.0704 e. The summed E-state index contributed by atoms with van der Waals surface area (Å²) in [6.07, 6.45) is 13.0. The third-order valence-corrected chi connectivity index (χ3v) is 3.44. The van der Waals surface area contributed by atoms with Crippen molar-refractivity contribution >= 4 is 5.71 Å². The molecular formula is C15H23N2O. The fraction of sp³-hybridized carbons (Fsp3) is 0.600. The molecule has 0 amide bonds. The van der Waals surface area contributed by atoms with E-state index in [0.29, 0.717) is 6.04 Å². The fourth-order valence-electron chi connectivity index (χ4n) is 2.52. The summed E-state index contributed by atoms with van der Waals surface area (Å²) in [6, 6.07) is 0.455. The fourth-order valence-corrected chi connectivity index (χ4v) is 2.52. The van der Waals surface area contributed by atoms with E-state index >= 15 is 0 Å². The van der Waals surface area contributed by atoms with Crippen LogP contribution in [0, 0.1) is 31.6 Å². The summed E-state index contributed by atoms with van der Waals surface area (Å²) in [6.45, 7) is 4.04. The van der Waals surface area contributed by atoms with Crippen LogP contribution in [0.4, 0.5) is 0 Å². The van der Waals surface area contributed by atoms with Gasteiger partial charge in [-0.05, 0) is 44.9 Å². The van der Waals surface area contributed by atoms with Crippen molar-refractivity contribution in [2.45, 2.75) is 38.6 Å². The highest BCUT2D eigenvalue weighted by molar-refractivity contribution is 6.01. The zero-order valence-electron chi connectivity index (χ0n) is 11.4. The van der Waals surface area contributed by atoms with Gasteiger partial charge in [0.1, 0.15) is 0 Å². The first-order valence-corrected chi connectivity index (χ1v) is 6.90. The van der Waals surface area contributed by atoms with Crippen LogP contribution < -0.4 is 0 Å². The predicted molar refractivity (Wildman–Crippen MR) is 74.4 cm³/mol. The van der Waals surface area contributed by atoms with Crippen LogP contribution in [-0.2, 0) is 4.74 Å². The van der Waals surface area contributed by atoms with Gasteiger partial charge < -0.3 is 4.74 Å². The first kappa shape index (κ1) is 13.9. The average molecular weight is 247 g/mol. The Morgan fingerprint density at radius 3 is 2.89 bits per heavy atom. The maximum Gasteiger partial charge on any atom is 0.0704 e. The number of hydrogen-bond donors (Lipinski definition) is 0. The molecule has 3 nitrogen and oxygen atoms in total. The molecule has 2 aliphatic rings. The Kier molecular flexibility index (Phi) is 5.48. The molecule has 0 bridgehead atoms. The van der Waals surface area contributed by atoms with Crippen molar-refractivity contribution in [1.29, 1.82) is 0 Å². The molecule has 1 aliphatic carbocycles. The zero-order valence-corrected chi connectivity index (χ0v) is 11.4. The van der Waals surface area contributed by atoms with Crippen molar-refractivity contribution in [3.8, 4) is 0 Å². The van der Waals surface area contributed by atoms with Gasteiger partial charge in [-0.3, -0.25) is 5.01 Å². The first-order valence-electron chi connectivity index (χ1n) is 6.90. The normalized spacial score (nSPS) is 26.2. The molecule has 1 saturated heterocycles. The van der Waals surface area contributed by atoms with E-state index in [1.807, 2.05) is 0 Å². The van der Waals surface area contributed by atoms with Crippen molar-refractivity contribution in [2.75, 3.05) is 20.3 Å². The average Bonchev–Trinajstić information content (AvgIpc) is 3.01. The SMILES string of the molecule is CCC/C(=N\N1CCC[C@H]1COC)[C]1[CH][CH][CH][CH]1. The molecule has 0 aromatic rings. The topological polar surface area (TPSA) is 24.8 Å². The quantitative estimate of drug-likeness (QED) is 0.674. The Morgan fingerprint density at radius 1 is 1.44 bits per heavy atom. The summed E-state index contributed by atoms with van der Waals surface area (Å²) in [4.78, 5) is 0. The number of rotatable bonds is 6. The molecule has 1 heterocycles. The second kappa shape index (κ2) is 7.13. The van der Waals surface area contributed by atoms with E-state index < -0.39 is 0 Å². The Morgan fingerprint density at radius 2 is 2.22 bits per heavy atom. The van der Waals surface area contributed by atoms with Crippen LogP contribution in [0.5, 0.6) is 0 Å². The lowest BCUT2D eigenvalue weighted by Gasteiger charge is -2.23. The highest BCUT2D eigenvalue weighted by atomic mass is 16.5. The molecule has 99 valence electrons. The Labute approximate surface area is 112 Å². The van der Waals surface area contributed by atoms with Crippen LogP contribution in [-0.4, -0.2) is 37.0 Å². The molecule has 0 aromatic heterocycles. The minimum atomic E-state index is 0.455. The van der Waals surface area contributed by atoms with Crippen LogP contribution in [0.2, 0.25) is 0 Å². The van der Waals surface area contributed by atoms with E-state index in [-0.39, 0.29) is 0 Å². The molecule has 3 heteroatoms. The number of hydrogen-bond acceptors (Lipinski definition) is 3. The maximum absolute atomic E-state index is 5.28. The van der Waals surface area contributed by atoms with Crippen molar-refractivity contribution in [3.63, 3.8) is 0 Å². The molecule has 5 radical (unpaired) electrons. The lowest BCUT2D eigenvalue weighted by Crippen LogP contribution is -2.30. The predicted octanol–water partition coefficient (Wildman–Crippen LogP) is 2.66. The molecule has 1 saturated carbocycles. The Bertz CT molecular complexity index is 272. The van der Waals surface area contributed by atoms with E-state index in [2.05, 4.69) is 37.6 Å². The summed E-state index contributed by atoms with van der Waals surface area (Å²) in [5, 5.41) is 7.10. The standard InChI is InChI=1S/C15H23N2O/c1-3-7-15(13-8-4-5-9-13)16-17-11-6-10-14(17)12-18-2/h4-5,8-9,14H,3,6-7,10-12H2,1-2H3/b16-15+/t14-/m0/s1. The van der Waals surface area contributed by atoms with Crippen molar-refractivity contribution in [1.82, 2.24) is 5.01 Å². The second-order valence-corrected chi connectivity index (χ2v) is 4.88. The van der Waals surface area contributed by atoms with E-state index in [1.165, 1.54) is 24.5 Å². The van der Waals surface area contributed by atoms with Gasteiger partial charge in [0.25, 0.3) is 0 Å². The van der Waals surface area contributed by atoms with E-state index in [0.717, 1.165) is 26.0 Å². The van der Waals surface area contributed by atoms with Crippen molar-refractivity contribution in [2.24, 2.45) is 5.10 Å². The summed E-state index contributed by atoms with van der Waals surface area (Å²) >= 11 is 0. The third kappa shape index (κ3) is 3.47. The van der Waals surface area contributed by atoms with E-state index in [1.54, 1.807) is 7.11 Å². The van der Waals surface area contributed by atoms with Crippen LogP contribution in [0.15, 0.2) is 5.10 Å². The molecule has 0 N–H and O–H groups in total. The largest absolute Gasteiger partial charge is 0.382 e. The zero-order chi connectivity index (χ0) is 12.8. The van der Waals surface area contributed by atoms with Crippen molar-refractivity contribution < 1.29 is 4.74 Å². The lowest BCUT2D eigenvalue weighted by atomic mass is 9.98. The van der Waals surface area contributed by atoms with Gasteiger partial charge in [-0.1, -0.05) is 13.3 Å². The molecular weight excluding hydrogens is 224 g/mol. The number of hydrazone groups is 1. The van der Waals surface area contributed by atoms with Gasteiger partial charge >= 0.3 is 0 Å². The number of nitrogens with zero attached hydrogens (tertiary/aromatic N) is 2. The molecule has 18 heavy (non-hydrogen) atoms. The van der Waals surface area contributed by atoms with Gasteiger partial charge in [-0.2, -0.15) is 5.10 Å². The van der Waals surface area contributed by atoms with Crippen LogP contribution in [0.1, 0.15) is 32.6 Å². The summed E-state index contributed by atoms with van der Waals surface area (Å²) in [5.74, 6) is 1.26. The lowest BCUT2D eigenvalue weighted by molar-refractivity contribution is 0.117. The minimum absolute atomic E-state index is 0.455. The molecule has 1 atom stereocenters. The van der Waals surface area contributed by atoms with Crippen molar-refractivity contribution in [3.05, 3.63) is 31.6 Å². The van der Waals surface area contributed by atoms with Gasteiger partial charge in [0.2, 0.25) is 0 Å². The van der Waals surface area contributed by atoms with Crippen LogP contribution in [0.3, 0.4) is 0 Å². The minimum Gasteiger partial charge on any atom is -0.382 e. The second-order valence-electron chi connectivity index (χ2n) is 4.88. The molecule has 0 unspecified atom stereocenters. The van der Waals surface area contributed by atoms with E-state index in [4.69, 9.17) is 9.84 Å². The van der Waals surface area contributed by atoms with Gasteiger partial charge in [0, 0.05) is 25.3 Å². The highest BCUT2D eigenvalue weighted by Crippen LogP contribution is 2.28. The Balaban J connectivity index is 2.01. The van der Waals surface area contributed by atoms with Gasteiger partial charge in [0.05, 0.1) is 12.6 Å². The summed E-state index contributed by atoms with van der Waals surface area (Å²) < 4.78 is 5.28. The third-order valence-electron chi connectivity index (χ3n) is 3.44. The van der Waals surface area contributed by atoms with Gasteiger partial charge in [-0.25, -0.2) is 0 Å². The summed E-state index contributed by atoms with van der Waals surface area (Å²) in [7, 11) is 1.77. The molecule has 2 fully saturated rings. The number of ether oxygens (including phenoxy) is 1. The number of methoxy groups -OCH3 is 1. The molecule has 2 rings (SSSR count). The molecule has 1 aliphatic heterocycles. The first-order chi connectivity index (χ1) is 8.85. The van der Waals surface area contributed by atoms with E-state index in [9.17, 15) is 0 Å². The van der Waals surface area contributed by atoms with Crippen LogP contribution in [0.25, 0.3) is 0 Å². The molecule has 0 aromatic carbocycles. The van der Waals surface area contributed by atoms with Gasteiger partial charge in [-0.15, -0.1) is 0 Å².